The van der Waals surface area contributed by atoms with E-state index in [9.17, 15) is 10.5 Å². The second-order valence-electron chi connectivity index (χ2n) is 6.29. The third-order valence-electron chi connectivity index (χ3n) is 5.19. The molecule has 3 heteroatoms. The largest absolute Gasteiger partial charge is 0.292 e. The first-order chi connectivity index (χ1) is 10.3. The van der Waals surface area contributed by atoms with E-state index in [2.05, 4.69) is 41.3 Å². The Morgan fingerprint density at radius 3 is 2.33 bits per heavy atom. The quantitative estimate of drug-likeness (QED) is 0.833. The molecule has 0 unspecified atom stereocenters. The first-order valence-corrected chi connectivity index (χ1v) is 7.91. The van der Waals surface area contributed by atoms with Crippen molar-refractivity contribution in [2.45, 2.75) is 37.6 Å². The zero-order valence-electron chi connectivity index (χ0n) is 12.3. The van der Waals surface area contributed by atoms with Gasteiger partial charge < -0.3 is 0 Å². The summed E-state index contributed by atoms with van der Waals surface area (Å²) in [7, 11) is 0. The van der Waals surface area contributed by atoms with E-state index in [1.807, 2.05) is 6.07 Å². The monoisotopic (exact) mass is 279 g/mol. The summed E-state index contributed by atoms with van der Waals surface area (Å²) in [5.41, 5.74) is 0.966. The van der Waals surface area contributed by atoms with Crippen LogP contribution in [0.25, 0.3) is 0 Å². The van der Waals surface area contributed by atoms with Crippen molar-refractivity contribution in [2.24, 2.45) is 11.8 Å². The highest BCUT2D eigenvalue weighted by Crippen LogP contribution is 2.51. The molecule has 3 nitrogen and oxygen atoms in total. The van der Waals surface area contributed by atoms with Gasteiger partial charge in [0.1, 0.15) is 0 Å². The summed E-state index contributed by atoms with van der Waals surface area (Å²) >= 11 is 0. The average Bonchev–Trinajstić information content (AvgIpc) is 2.96. The smallest absolute Gasteiger partial charge is 0.0702 e. The second kappa shape index (κ2) is 5.88. The van der Waals surface area contributed by atoms with Crippen molar-refractivity contribution in [1.82, 2.24) is 4.90 Å². The van der Waals surface area contributed by atoms with Gasteiger partial charge >= 0.3 is 0 Å². The molecule has 1 saturated heterocycles. The lowest BCUT2D eigenvalue weighted by Gasteiger charge is -2.46. The highest BCUT2D eigenvalue weighted by Gasteiger charge is 2.52. The van der Waals surface area contributed by atoms with E-state index in [4.69, 9.17) is 0 Å². The zero-order valence-corrected chi connectivity index (χ0v) is 12.3. The van der Waals surface area contributed by atoms with Gasteiger partial charge in [-0.2, -0.15) is 10.5 Å². The van der Waals surface area contributed by atoms with Crippen molar-refractivity contribution in [1.29, 1.82) is 10.5 Å². The van der Waals surface area contributed by atoms with Crippen molar-refractivity contribution in [3.8, 4) is 12.1 Å². The summed E-state index contributed by atoms with van der Waals surface area (Å²) in [5, 5.41) is 19.1. The summed E-state index contributed by atoms with van der Waals surface area (Å²) in [6.45, 7) is 2.09. The summed E-state index contributed by atoms with van der Waals surface area (Å²) in [6.07, 6.45) is 5.18. The Kier molecular flexibility index (Phi) is 3.95. The molecule has 21 heavy (non-hydrogen) atoms. The maximum Gasteiger partial charge on any atom is 0.0702 e. The van der Waals surface area contributed by atoms with Gasteiger partial charge in [0.15, 0.2) is 0 Å². The van der Waals surface area contributed by atoms with Gasteiger partial charge in [-0.3, -0.25) is 4.90 Å². The lowest BCUT2D eigenvalue weighted by atomic mass is 9.78. The lowest BCUT2D eigenvalue weighted by molar-refractivity contribution is 0.0455. The minimum Gasteiger partial charge on any atom is -0.292 e. The van der Waals surface area contributed by atoms with Crippen LogP contribution in [0.3, 0.4) is 0 Å². The van der Waals surface area contributed by atoms with Crippen LogP contribution in [0.15, 0.2) is 30.3 Å². The number of hydrogen-bond acceptors (Lipinski definition) is 3. The number of piperidine rings is 1. The normalized spacial score (nSPS) is 33.2. The fourth-order valence-electron chi connectivity index (χ4n) is 4.21. The minimum atomic E-state index is -0.253. The summed E-state index contributed by atoms with van der Waals surface area (Å²) in [4.78, 5) is 2.50. The zero-order chi connectivity index (χ0) is 14.7. The maximum atomic E-state index is 9.72. The Hall–Kier alpha value is -1.84. The van der Waals surface area contributed by atoms with Crippen LogP contribution in [0, 0.1) is 34.5 Å². The Balaban J connectivity index is 2.06. The molecular formula is C18H21N3. The number of hydrogen-bond donors (Lipinski definition) is 0. The van der Waals surface area contributed by atoms with Crippen LogP contribution < -0.4 is 0 Å². The van der Waals surface area contributed by atoms with E-state index >= 15 is 0 Å². The average molecular weight is 279 g/mol. The molecule has 1 saturated carbocycles. The van der Waals surface area contributed by atoms with Crippen molar-refractivity contribution >= 4 is 0 Å². The van der Waals surface area contributed by atoms with E-state index in [0.29, 0.717) is 6.42 Å². The lowest BCUT2D eigenvalue weighted by Crippen LogP contribution is -2.50. The third kappa shape index (κ3) is 2.33. The molecule has 0 amide bonds. The summed E-state index contributed by atoms with van der Waals surface area (Å²) in [6, 6.07) is 15.3. The first kappa shape index (κ1) is 14.1. The van der Waals surface area contributed by atoms with Gasteiger partial charge in [-0.15, -0.1) is 0 Å². The number of benzene rings is 1. The molecule has 1 aliphatic heterocycles. The SMILES string of the molecule is N#C[C@H]1C[C@H](C#N)[C@@](c2ccccc2)(N2CCCCC2)C1. The maximum absolute atomic E-state index is 9.72. The molecule has 1 aromatic carbocycles. The first-order valence-electron chi connectivity index (χ1n) is 7.91. The van der Waals surface area contributed by atoms with Crippen molar-refractivity contribution in [3.63, 3.8) is 0 Å². The van der Waals surface area contributed by atoms with Gasteiger partial charge in [-0.25, -0.2) is 0 Å². The second-order valence-corrected chi connectivity index (χ2v) is 6.29. The van der Waals surface area contributed by atoms with E-state index in [1.54, 1.807) is 0 Å². The van der Waals surface area contributed by atoms with Crippen molar-refractivity contribution in [2.75, 3.05) is 13.1 Å². The molecule has 1 aliphatic carbocycles. The van der Waals surface area contributed by atoms with Crippen LogP contribution in [0.5, 0.6) is 0 Å². The van der Waals surface area contributed by atoms with Crippen LogP contribution in [0.2, 0.25) is 0 Å². The van der Waals surface area contributed by atoms with Gasteiger partial charge in [0.2, 0.25) is 0 Å². The predicted molar refractivity (Wildman–Crippen MR) is 81.0 cm³/mol. The van der Waals surface area contributed by atoms with Gasteiger partial charge in [0.25, 0.3) is 0 Å². The highest BCUT2D eigenvalue weighted by molar-refractivity contribution is 5.31. The Bertz CT molecular complexity index is 562. The Morgan fingerprint density at radius 2 is 1.71 bits per heavy atom. The van der Waals surface area contributed by atoms with Gasteiger partial charge in [0.05, 0.1) is 23.6 Å². The molecule has 2 aliphatic rings. The topological polar surface area (TPSA) is 50.8 Å². The van der Waals surface area contributed by atoms with Crippen LogP contribution >= 0.6 is 0 Å². The molecular weight excluding hydrogens is 258 g/mol. The number of nitriles is 2. The Morgan fingerprint density at radius 1 is 1.00 bits per heavy atom. The molecule has 0 bridgehead atoms. The molecule has 1 aromatic rings. The van der Waals surface area contributed by atoms with Gasteiger partial charge in [-0.05, 0) is 44.3 Å². The van der Waals surface area contributed by atoms with E-state index in [-0.39, 0.29) is 17.4 Å². The summed E-state index contributed by atoms with van der Waals surface area (Å²) in [5.74, 6) is -0.0839. The van der Waals surface area contributed by atoms with Crippen LogP contribution in [0.1, 0.15) is 37.7 Å². The number of rotatable bonds is 2. The molecule has 1 heterocycles. The number of nitrogens with zero attached hydrogens (tertiary/aromatic N) is 3. The minimum absolute atomic E-state index is 0.00298. The fraction of sp³-hybridized carbons (Fsp3) is 0.556. The van der Waals surface area contributed by atoms with Crippen LogP contribution in [-0.4, -0.2) is 18.0 Å². The van der Waals surface area contributed by atoms with Gasteiger partial charge in [-0.1, -0.05) is 36.8 Å². The number of likely N-dealkylation sites (tertiary alicyclic amines) is 1. The molecule has 0 spiro atoms. The highest BCUT2D eigenvalue weighted by atomic mass is 15.2. The molecule has 108 valence electrons. The molecule has 0 radical (unpaired) electrons. The predicted octanol–water partition coefficient (Wildman–Crippen LogP) is 3.44. The van der Waals surface area contributed by atoms with E-state index < -0.39 is 0 Å². The standard InChI is InChI=1S/C18H21N3/c19-13-15-11-17(14-20)18(12-15,16-7-3-1-4-8-16)21-9-5-2-6-10-21/h1,3-4,7-8,15,17H,2,5-6,9-12H2/t15-,17+,18+/m0/s1. The van der Waals surface area contributed by atoms with Crippen LogP contribution in [0.4, 0.5) is 0 Å². The molecule has 3 rings (SSSR count). The van der Waals surface area contributed by atoms with Crippen molar-refractivity contribution < 1.29 is 0 Å². The Labute approximate surface area is 126 Å². The van der Waals surface area contributed by atoms with Crippen molar-refractivity contribution in [3.05, 3.63) is 35.9 Å². The van der Waals surface area contributed by atoms with Gasteiger partial charge in [0, 0.05) is 5.92 Å². The van der Waals surface area contributed by atoms with E-state index in [0.717, 1.165) is 19.5 Å². The fourth-order valence-corrected chi connectivity index (χ4v) is 4.21. The molecule has 0 N–H and O–H groups in total. The molecule has 3 atom stereocenters. The molecule has 0 aromatic heterocycles. The molecule has 2 fully saturated rings. The van der Waals surface area contributed by atoms with E-state index in [1.165, 1.54) is 24.8 Å². The summed E-state index contributed by atoms with van der Waals surface area (Å²) < 4.78 is 0. The van der Waals surface area contributed by atoms with Crippen LogP contribution in [-0.2, 0) is 5.54 Å². The third-order valence-corrected chi connectivity index (χ3v) is 5.19.